The molecule has 3 aliphatic rings. The first-order valence-corrected chi connectivity index (χ1v) is 9.89. The van der Waals surface area contributed by atoms with Crippen molar-refractivity contribution in [1.29, 1.82) is 0 Å². The zero-order valence-electron chi connectivity index (χ0n) is 15.7. The largest absolute Gasteiger partial charge is 0.366 e. The summed E-state index contributed by atoms with van der Waals surface area (Å²) in [5.41, 5.74) is 0.141. The Balaban J connectivity index is 1.30. The Morgan fingerprint density at radius 2 is 1.79 bits per heavy atom. The van der Waals surface area contributed by atoms with E-state index in [1.165, 1.54) is 18.2 Å². The van der Waals surface area contributed by atoms with Crippen LogP contribution in [-0.4, -0.2) is 66.7 Å². The molecule has 0 spiro atoms. The fraction of sp³-hybridized carbons (Fsp3) is 0.600. The van der Waals surface area contributed by atoms with Gasteiger partial charge in [0, 0.05) is 31.7 Å². The SMILES string of the molecule is O=C1CO[C@H]2CCN(C(=O)N3CCC(Cc4c(F)cccc4F)CC3)C[C@H]2N1. The number of nitrogens with one attached hydrogen (secondary N) is 1. The normalized spacial score (nSPS) is 26.0. The topological polar surface area (TPSA) is 61.9 Å². The maximum atomic E-state index is 13.9. The molecule has 0 bridgehead atoms. The van der Waals surface area contributed by atoms with Gasteiger partial charge in [-0.3, -0.25) is 4.79 Å². The number of nitrogens with zero attached hydrogens (tertiary/aromatic N) is 2. The lowest BCUT2D eigenvalue weighted by atomic mass is 9.90. The number of ether oxygens (including phenoxy) is 1. The fourth-order valence-corrected chi connectivity index (χ4v) is 4.42. The summed E-state index contributed by atoms with van der Waals surface area (Å²) in [6, 6.07) is 3.76. The zero-order chi connectivity index (χ0) is 19.7. The smallest absolute Gasteiger partial charge is 0.320 e. The van der Waals surface area contributed by atoms with Crippen molar-refractivity contribution < 1.29 is 23.1 Å². The highest BCUT2D eigenvalue weighted by atomic mass is 19.1. The Hall–Kier alpha value is -2.22. The number of amides is 3. The van der Waals surface area contributed by atoms with E-state index in [2.05, 4.69) is 5.32 Å². The quantitative estimate of drug-likeness (QED) is 0.835. The third-order valence-electron chi connectivity index (χ3n) is 6.03. The van der Waals surface area contributed by atoms with Crippen LogP contribution in [0.3, 0.4) is 0 Å². The van der Waals surface area contributed by atoms with Crippen LogP contribution in [0.25, 0.3) is 0 Å². The van der Waals surface area contributed by atoms with Crippen LogP contribution in [0.5, 0.6) is 0 Å². The second-order valence-corrected chi connectivity index (χ2v) is 7.88. The van der Waals surface area contributed by atoms with Crippen LogP contribution in [0.2, 0.25) is 0 Å². The maximum Gasteiger partial charge on any atom is 0.320 e. The molecule has 3 fully saturated rings. The van der Waals surface area contributed by atoms with E-state index in [0.29, 0.717) is 39.0 Å². The van der Waals surface area contributed by atoms with E-state index >= 15 is 0 Å². The Labute approximate surface area is 162 Å². The van der Waals surface area contributed by atoms with E-state index in [0.717, 1.165) is 12.8 Å². The zero-order valence-corrected chi connectivity index (χ0v) is 15.7. The minimum Gasteiger partial charge on any atom is -0.366 e. The number of likely N-dealkylation sites (tertiary alicyclic amines) is 2. The monoisotopic (exact) mass is 393 g/mol. The predicted octanol–water partition coefficient (Wildman–Crippen LogP) is 1.93. The highest BCUT2D eigenvalue weighted by Gasteiger charge is 2.38. The van der Waals surface area contributed by atoms with Crippen molar-refractivity contribution in [2.45, 2.75) is 37.8 Å². The molecule has 1 N–H and O–H groups in total. The number of hydrogen-bond donors (Lipinski definition) is 1. The number of piperidine rings is 2. The molecular formula is C20H25F2N3O3. The molecule has 28 heavy (non-hydrogen) atoms. The van der Waals surface area contributed by atoms with Crippen LogP contribution < -0.4 is 5.32 Å². The molecule has 152 valence electrons. The van der Waals surface area contributed by atoms with Crippen molar-refractivity contribution in [3.05, 3.63) is 35.4 Å². The third-order valence-corrected chi connectivity index (χ3v) is 6.03. The van der Waals surface area contributed by atoms with Crippen molar-refractivity contribution >= 4 is 11.9 Å². The first-order valence-electron chi connectivity index (χ1n) is 9.89. The van der Waals surface area contributed by atoms with Gasteiger partial charge in [0.1, 0.15) is 18.2 Å². The number of fused-ring (bicyclic) bond motifs is 1. The third kappa shape index (κ3) is 3.97. The summed E-state index contributed by atoms with van der Waals surface area (Å²) >= 11 is 0. The summed E-state index contributed by atoms with van der Waals surface area (Å²) in [6.07, 6.45) is 2.48. The molecule has 1 aromatic carbocycles. The number of benzene rings is 1. The Morgan fingerprint density at radius 1 is 1.11 bits per heavy atom. The first kappa shape index (κ1) is 19.1. The number of rotatable bonds is 2. The van der Waals surface area contributed by atoms with Gasteiger partial charge in [-0.2, -0.15) is 0 Å². The molecule has 0 unspecified atom stereocenters. The first-order chi connectivity index (χ1) is 13.5. The van der Waals surface area contributed by atoms with Crippen molar-refractivity contribution in [3.8, 4) is 0 Å². The number of urea groups is 1. The molecular weight excluding hydrogens is 368 g/mol. The van der Waals surface area contributed by atoms with Gasteiger partial charge in [0.2, 0.25) is 5.91 Å². The lowest BCUT2D eigenvalue weighted by Gasteiger charge is -2.43. The second-order valence-electron chi connectivity index (χ2n) is 7.88. The summed E-state index contributed by atoms with van der Waals surface area (Å²) in [5.74, 6) is -0.986. The van der Waals surface area contributed by atoms with Gasteiger partial charge in [-0.15, -0.1) is 0 Å². The molecule has 0 saturated carbocycles. The molecule has 3 amide bonds. The minimum atomic E-state index is -0.502. The molecule has 1 aromatic rings. The predicted molar refractivity (Wildman–Crippen MR) is 97.6 cm³/mol. The molecule has 3 heterocycles. The van der Waals surface area contributed by atoms with E-state index in [1.807, 2.05) is 0 Å². The summed E-state index contributed by atoms with van der Waals surface area (Å²) in [4.78, 5) is 28.0. The standard InChI is InChI=1S/C20H25F2N3O3/c21-15-2-1-3-16(22)14(15)10-13-4-7-24(8-5-13)20(27)25-9-6-18-17(11-25)23-19(26)12-28-18/h1-3,13,17-18H,4-12H2,(H,23,26)/t17-,18+/m1/s1. The van der Waals surface area contributed by atoms with Crippen LogP contribution in [0.1, 0.15) is 24.8 Å². The van der Waals surface area contributed by atoms with Gasteiger partial charge >= 0.3 is 6.03 Å². The summed E-state index contributed by atoms with van der Waals surface area (Å²) < 4.78 is 33.3. The molecule has 3 aliphatic heterocycles. The minimum absolute atomic E-state index is 0.0249. The number of morpholine rings is 1. The van der Waals surface area contributed by atoms with Crippen molar-refractivity contribution in [1.82, 2.24) is 15.1 Å². The van der Waals surface area contributed by atoms with Gasteiger partial charge in [-0.1, -0.05) is 6.07 Å². The van der Waals surface area contributed by atoms with E-state index in [1.54, 1.807) is 9.80 Å². The molecule has 2 atom stereocenters. The number of carbonyl (C=O) groups is 2. The van der Waals surface area contributed by atoms with Crippen LogP contribution in [0.15, 0.2) is 18.2 Å². The van der Waals surface area contributed by atoms with Gasteiger partial charge in [-0.05, 0) is 43.7 Å². The Bertz CT molecular complexity index is 732. The van der Waals surface area contributed by atoms with Gasteiger partial charge in [0.25, 0.3) is 0 Å². The van der Waals surface area contributed by atoms with Crippen molar-refractivity contribution in [2.24, 2.45) is 5.92 Å². The number of carbonyl (C=O) groups excluding carboxylic acids is 2. The summed E-state index contributed by atoms with van der Waals surface area (Å²) in [7, 11) is 0. The average Bonchev–Trinajstić information content (AvgIpc) is 2.70. The molecule has 0 aliphatic carbocycles. The number of hydrogen-bond acceptors (Lipinski definition) is 3. The van der Waals surface area contributed by atoms with E-state index in [9.17, 15) is 18.4 Å². The van der Waals surface area contributed by atoms with Crippen LogP contribution >= 0.6 is 0 Å². The van der Waals surface area contributed by atoms with Crippen molar-refractivity contribution in [3.63, 3.8) is 0 Å². The van der Waals surface area contributed by atoms with E-state index in [4.69, 9.17) is 4.74 Å². The van der Waals surface area contributed by atoms with Gasteiger partial charge < -0.3 is 19.9 Å². The van der Waals surface area contributed by atoms with Crippen molar-refractivity contribution in [2.75, 3.05) is 32.8 Å². The van der Waals surface area contributed by atoms with Gasteiger partial charge in [-0.25, -0.2) is 13.6 Å². The van der Waals surface area contributed by atoms with Crippen LogP contribution in [0, 0.1) is 17.6 Å². The highest BCUT2D eigenvalue weighted by Crippen LogP contribution is 2.26. The molecule has 4 rings (SSSR count). The molecule has 8 heteroatoms. The van der Waals surface area contributed by atoms with E-state index in [-0.39, 0.29) is 42.2 Å². The average molecular weight is 393 g/mol. The van der Waals surface area contributed by atoms with Gasteiger partial charge in [0.15, 0.2) is 0 Å². The maximum absolute atomic E-state index is 13.9. The van der Waals surface area contributed by atoms with Gasteiger partial charge in [0.05, 0.1) is 12.1 Å². The van der Waals surface area contributed by atoms with Crippen LogP contribution in [0.4, 0.5) is 13.6 Å². The summed E-state index contributed by atoms with van der Waals surface area (Å²) in [5, 5.41) is 2.90. The Kier molecular flexibility index (Phi) is 5.48. The van der Waals surface area contributed by atoms with Crippen LogP contribution in [-0.2, 0) is 16.0 Å². The summed E-state index contributed by atoms with van der Waals surface area (Å²) in [6.45, 7) is 2.30. The van der Waals surface area contributed by atoms with E-state index < -0.39 is 11.6 Å². The Morgan fingerprint density at radius 3 is 2.50 bits per heavy atom. The highest BCUT2D eigenvalue weighted by molar-refractivity contribution is 5.79. The fourth-order valence-electron chi connectivity index (χ4n) is 4.42. The lowest BCUT2D eigenvalue weighted by Crippen LogP contribution is -2.62. The lowest BCUT2D eigenvalue weighted by molar-refractivity contribution is -0.139. The number of halogens is 2. The molecule has 3 saturated heterocycles. The molecule has 0 radical (unpaired) electrons. The molecule has 0 aromatic heterocycles. The molecule has 6 nitrogen and oxygen atoms in total. The second kappa shape index (κ2) is 8.03.